The van der Waals surface area contributed by atoms with Gasteiger partial charge in [-0.25, -0.2) is 0 Å². The van der Waals surface area contributed by atoms with E-state index >= 15 is 0 Å². The molecule has 0 aliphatic heterocycles. The summed E-state index contributed by atoms with van der Waals surface area (Å²) in [6.45, 7) is 4.22. The summed E-state index contributed by atoms with van der Waals surface area (Å²) in [4.78, 5) is 27.5. The molecule has 8 nitrogen and oxygen atoms in total. The monoisotopic (exact) mass is 425 g/mol. The van der Waals surface area contributed by atoms with Crippen LogP contribution < -0.4 is 14.3 Å². The molecule has 1 aromatic heterocycles. The second-order valence-electron chi connectivity index (χ2n) is 6.09. The Hall–Kier alpha value is -3.72. The van der Waals surface area contributed by atoms with Crippen molar-refractivity contribution in [1.29, 1.82) is 0 Å². The summed E-state index contributed by atoms with van der Waals surface area (Å²) < 4.78 is 13.4. The van der Waals surface area contributed by atoms with Crippen LogP contribution in [0.3, 0.4) is 0 Å². The van der Waals surface area contributed by atoms with Crippen molar-refractivity contribution in [3.05, 3.63) is 75.6 Å². The lowest BCUT2D eigenvalue weighted by molar-refractivity contribution is -0.384. The lowest BCUT2D eigenvalue weighted by Crippen LogP contribution is -2.15. The van der Waals surface area contributed by atoms with Gasteiger partial charge in [-0.05, 0) is 11.6 Å². The number of nitro groups is 1. The summed E-state index contributed by atoms with van der Waals surface area (Å²) >= 11 is 1.34. The smallest absolute Gasteiger partial charge is 0.272 e. The van der Waals surface area contributed by atoms with E-state index in [4.69, 9.17) is 9.47 Å². The highest BCUT2D eigenvalue weighted by molar-refractivity contribution is 7.16. The molecule has 0 saturated heterocycles. The van der Waals surface area contributed by atoms with E-state index < -0.39 is 10.8 Å². The molecule has 1 heterocycles. The Bertz CT molecular complexity index is 1220. The lowest BCUT2D eigenvalue weighted by Gasteiger charge is -2.08. The van der Waals surface area contributed by atoms with E-state index in [0.29, 0.717) is 28.4 Å². The number of allylic oxidation sites excluding steroid dienone is 1. The normalized spacial score (nSPS) is 11.7. The fraction of sp³-hybridized carbons (Fsp3) is 0.143. The summed E-state index contributed by atoms with van der Waals surface area (Å²) in [6, 6.07) is 9.68. The average Bonchev–Trinajstić information content (AvgIpc) is 3.07. The number of hydrogen-bond acceptors (Lipinski definition) is 6. The van der Waals surface area contributed by atoms with Gasteiger partial charge in [-0.15, -0.1) is 6.58 Å². The number of ether oxygens (including phenoxy) is 2. The van der Waals surface area contributed by atoms with Crippen LogP contribution in [-0.4, -0.2) is 29.6 Å². The molecule has 3 rings (SSSR count). The molecule has 154 valence electrons. The molecule has 2 aromatic carbocycles. The number of carbonyl (C=O) groups is 1. The molecule has 0 fully saturated rings. The quantitative estimate of drug-likeness (QED) is 0.247. The van der Waals surface area contributed by atoms with Crippen molar-refractivity contribution in [3.8, 4) is 11.5 Å². The van der Waals surface area contributed by atoms with Gasteiger partial charge in [-0.2, -0.15) is 4.99 Å². The van der Waals surface area contributed by atoms with E-state index in [9.17, 15) is 14.9 Å². The van der Waals surface area contributed by atoms with Crippen molar-refractivity contribution in [2.24, 2.45) is 4.99 Å². The number of nitrogens with zero attached hydrogens (tertiary/aromatic N) is 3. The predicted octanol–water partition coefficient (Wildman–Crippen LogP) is 3.95. The van der Waals surface area contributed by atoms with Crippen LogP contribution in [0.2, 0.25) is 0 Å². The number of rotatable bonds is 7. The number of nitro benzene ring substituents is 1. The van der Waals surface area contributed by atoms with Gasteiger partial charge in [0.25, 0.3) is 11.6 Å². The molecule has 0 aliphatic rings. The van der Waals surface area contributed by atoms with Crippen molar-refractivity contribution >= 4 is 39.2 Å². The van der Waals surface area contributed by atoms with Gasteiger partial charge in [0.2, 0.25) is 0 Å². The molecule has 0 bridgehead atoms. The van der Waals surface area contributed by atoms with E-state index in [-0.39, 0.29) is 5.69 Å². The van der Waals surface area contributed by atoms with Gasteiger partial charge < -0.3 is 14.0 Å². The fourth-order valence-corrected chi connectivity index (χ4v) is 3.88. The molecule has 30 heavy (non-hydrogen) atoms. The van der Waals surface area contributed by atoms with Gasteiger partial charge >= 0.3 is 0 Å². The summed E-state index contributed by atoms with van der Waals surface area (Å²) in [5.41, 5.74) is 1.34. The van der Waals surface area contributed by atoms with Crippen LogP contribution in [0, 0.1) is 10.1 Å². The Kier molecular flexibility index (Phi) is 6.43. The highest BCUT2D eigenvalue weighted by atomic mass is 32.1. The first-order valence-corrected chi connectivity index (χ1v) is 9.66. The number of carbonyl (C=O) groups excluding carboxylic acids is 1. The third-order valence-corrected chi connectivity index (χ3v) is 5.25. The van der Waals surface area contributed by atoms with E-state index in [1.54, 1.807) is 32.4 Å². The third-order valence-electron chi connectivity index (χ3n) is 4.20. The van der Waals surface area contributed by atoms with E-state index in [1.807, 2.05) is 16.7 Å². The number of amides is 1. The molecule has 0 aliphatic carbocycles. The first-order valence-electron chi connectivity index (χ1n) is 8.84. The van der Waals surface area contributed by atoms with Crippen LogP contribution in [-0.2, 0) is 11.3 Å². The fourth-order valence-electron chi connectivity index (χ4n) is 2.83. The van der Waals surface area contributed by atoms with Crippen molar-refractivity contribution in [2.45, 2.75) is 6.54 Å². The molecule has 0 spiro atoms. The van der Waals surface area contributed by atoms with Crippen LogP contribution in [0.25, 0.3) is 16.3 Å². The van der Waals surface area contributed by atoms with Crippen LogP contribution in [0.15, 0.2) is 60.1 Å². The molecule has 3 aromatic rings. The number of non-ortho nitro benzene ring substituents is 1. The van der Waals surface area contributed by atoms with E-state index in [1.165, 1.54) is 35.6 Å². The first kappa shape index (κ1) is 21.0. The van der Waals surface area contributed by atoms with E-state index in [0.717, 1.165) is 10.2 Å². The molecular weight excluding hydrogens is 406 g/mol. The number of benzene rings is 2. The van der Waals surface area contributed by atoms with Gasteiger partial charge in [0, 0.05) is 36.9 Å². The third kappa shape index (κ3) is 4.47. The minimum absolute atomic E-state index is 0.0437. The summed E-state index contributed by atoms with van der Waals surface area (Å²) in [6.07, 6.45) is 4.49. The molecule has 0 unspecified atom stereocenters. The van der Waals surface area contributed by atoms with Crippen molar-refractivity contribution < 1.29 is 19.2 Å². The summed E-state index contributed by atoms with van der Waals surface area (Å²) in [5.74, 6) is 0.675. The van der Waals surface area contributed by atoms with Crippen LogP contribution >= 0.6 is 11.3 Å². The van der Waals surface area contributed by atoms with Gasteiger partial charge in [-0.1, -0.05) is 29.5 Å². The lowest BCUT2D eigenvalue weighted by atomic mass is 10.2. The minimum atomic E-state index is -0.485. The topological polar surface area (TPSA) is 96.0 Å². The van der Waals surface area contributed by atoms with Crippen molar-refractivity contribution in [1.82, 2.24) is 4.57 Å². The van der Waals surface area contributed by atoms with E-state index in [2.05, 4.69) is 11.6 Å². The molecule has 0 radical (unpaired) electrons. The number of fused-ring (bicyclic) bond motifs is 1. The first-order chi connectivity index (χ1) is 14.5. The van der Waals surface area contributed by atoms with Gasteiger partial charge in [0.15, 0.2) is 16.3 Å². The number of hydrogen-bond donors (Lipinski definition) is 0. The number of aromatic nitrogens is 1. The average molecular weight is 425 g/mol. The zero-order valence-corrected chi connectivity index (χ0v) is 17.2. The number of thiazole rings is 1. The van der Waals surface area contributed by atoms with Gasteiger partial charge in [0.1, 0.15) is 0 Å². The molecular formula is C21H19N3O5S. The Morgan fingerprint density at radius 2 is 2.00 bits per heavy atom. The van der Waals surface area contributed by atoms with Gasteiger partial charge in [-0.3, -0.25) is 14.9 Å². The zero-order chi connectivity index (χ0) is 21.7. The number of methoxy groups -OCH3 is 2. The Morgan fingerprint density at radius 3 is 2.67 bits per heavy atom. The molecule has 1 amide bonds. The maximum atomic E-state index is 12.4. The molecule has 0 atom stereocenters. The van der Waals surface area contributed by atoms with Crippen LogP contribution in [0.4, 0.5) is 5.69 Å². The van der Waals surface area contributed by atoms with Crippen molar-refractivity contribution in [2.75, 3.05) is 14.2 Å². The van der Waals surface area contributed by atoms with Crippen molar-refractivity contribution in [3.63, 3.8) is 0 Å². The summed E-state index contributed by atoms with van der Waals surface area (Å²) in [5, 5.41) is 10.9. The van der Waals surface area contributed by atoms with Crippen LogP contribution in [0.5, 0.6) is 11.5 Å². The SMILES string of the molecule is C=CCn1c(=NC(=O)/C=C/c2cccc([N+](=O)[O-])c2)sc2cc(OC)c(OC)cc21. The van der Waals surface area contributed by atoms with Gasteiger partial charge in [0.05, 0.1) is 29.4 Å². The zero-order valence-electron chi connectivity index (χ0n) is 16.4. The largest absolute Gasteiger partial charge is 0.493 e. The highest BCUT2D eigenvalue weighted by Crippen LogP contribution is 2.33. The standard InChI is InChI=1S/C21H19N3O5S/c1-4-10-23-16-12-17(28-2)18(29-3)13-19(16)30-21(23)22-20(25)9-8-14-6-5-7-15(11-14)24(26)27/h4-9,11-13H,1,10H2,2-3H3/b9-8+,22-21?. The maximum Gasteiger partial charge on any atom is 0.272 e. The molecule has 0 N–H and O–H groups in total. The molecule has 0 saturated carbocycles. The Balaban J connectivity index is 2.01. The summed E-state index contributed by atoms with van der Waals surface area (Å²) in [7, 11) is 3.12. The minimum Gasteiger partial charge on any atom is -0.493 e. The highest BCUT2D eigenvalue weighted by Gasteiger charge is 2.12. The molecule has 9 heteroatoms. The van der Waals surface area contributed by atoms with Crippen LogP contribution in [0.1, 0.15) is 5.56 Å². The predicted molar refractivity (Wildman–Crippen MR) is 116 cm³/mol. The Labute approximate surface area is 176 Å². The second-order valence-corrected chi connectivity index (χ2v) is 7.10. The second kappa shape index (κ2) is 9.19. The Morgan fingerprint density at radius 1 is 1.27 bits per heavy atom. The maximum absolute atomic E-state index is 12.4.